The van der Waals surface area contributed by atoms with Crippen molar-refractivity contribution in [1.29, 1.82) is 0 Å². The summed E-state index contributed by atoms with van der Waals surface area (Å²) in [6.45, 7) is 1.49. The van der Waals surface area contributed by atoms with Crippen LogP contribution in [0.2, 0.25) is 0 Å². The Balaban J connectivity index is 1.37. The number of nitrogens with one attached hydrogen (secondary N) is 1. The molecule has 1 aromatic carbocycles. The number of benzene rings is 1. The van der Waals surface area contributed by atoms with E-state index in [2.05, 4.69) is 22.4 Å². The second-order valence-corrected chi connectivity index (χ2v) is 10.0. The van der Waals surface area contributed by atoms with Crippen LogP contribution in [0.4, 0.5) is 0 Å². The van der Waals surface area contributed by atoms with E-state index in [1.54, 1.807) is 40.1 Å². The summed E-state index contributed by atoms with van der Waals surface area (Å²) in [7, 11) is 0. The SMILES string of the molecule is CC(=O)N1[C@@H]2Cn3c(ccc(-c4ccncc4)c3=O)[C@H]1[C@@H](C(=O)NC1Cc3ccccc3C1)[C@@H]2CO. The molecule has 4 heterocycles. The Labute approximate surface area is 208 Å². The van der Waals surface area contributed by atoms with Crippen molar-refractivity contribution < 1.29 is 14.7 Å². The number of hydrogen-bond acceptors (Lipinski definition) is 5. The molecule has 184 valence electrons. The minimum atomic E-state index is -0.646. The Morgan fingerprint density at radius 2 is 1.75 bits per heavy atom. The van der Waals surface area contributed by atoms with Crippen LogP contribution in [-0.2, 0) is 29.0 Å². The predicted octanol–water partition coefficient (Wildman–Crippen LogP) is 1.70. The highest BCUT2D eigenvalue weighted by Crippen LogP contribution is 2.48. The van der Waals surface area contributed by atoms with Crippen molar-refractivity contribution >= 4 is 11.8 Å². The molecule has 8 nitrogen and oxygen atoms in total. The summed E-state index contributed by atoms with van der Waals surface area (Å²) in [6.07, 6.45) is 4.80. The number of fused-ring (bicyclic) bond motifs is 5. The minimum Gasteiger partial charge on any atom is -0.396 e. The number of nitrogens with zero attached hydrogens (tertiary/aromatic N) is 3. The first-order valence-corrected chi connectivity index (χ1v) is 12.4. The average Bonchev–Trinajstić information content (AvgIpc) is 3.40. The maximum Gasteiger partial charge on any atom is 0.258 e. The Morgan fingerprint density at radius 1 is 1.06 bits per heavy atom. The van der Waals surface area contributed by atoms with Gasteiger partial charge in [0.25, 0.3) is 5.56 Å². The van der Waals surface area contributed by atoms with Crippen LogP contribution in [0.1, 0.15) is 29.8 Å². The van der Waals surface area contributed by atoms with Crippen LogP contribution in [0.3, 0.4) is 0 Å². The number of carbonyl (C=O) groups excluding carboxylic acids is 2. The molecule has 1 fully saturated rings. The molecule has 2 aromatic heterocycles. The zero-order valence-electron chi connectivity index (χ0n) is 20.0. The summed E-state index contributed by atoms with van der Waals surface area (Å²) >= 11 is 0. The van der Waals surface area contributed by atoms with E-state index in [4.69, 9.17) is 0 Å². The molecule has 0 saturated carbocycles. The van der Waals surface area contributed by atoms with Gasteiger partial charge in [0.1, 0.15) is 0 Å². The number of aromatic nitrogens is 2. The van der Waals surface area contributed by atoms with Crippen molar-refractivity contribution in [3.8, 4) is 11.1 Å². The molecule has 3 aromatic rings. The number of aliphatic hydroxyl groups excluding tert-OH is 1. The molecule has 1 aliphatic carbocycles. The predicted molar refractivity (Wildman–Crippen MR) is 133 cm³/mol. The van der Waals surface area contributed by atoms with Crippen LogP contribution in [-0.4, -0.2) is 50.1 Å². The number of carbonyl (C=O) groups is 2. The van der Waals surface area contributed by atoms with Crippen molar-refractivity contribution in [2.45, 2.75) is 44.4 Å². The van der Waals surface area contributed by atoms with Gasteiger partial charge in [0.05, 0.1) is 18.0 Å². The van der Waals surface area contributed by atoms with Gasteiger partial charge in [-0.2, -0.15) is 0 Å². The molecule has 2 N–H and O–H groups in total. The lowest BCUT2D eigenvalue weighted by atomic mass is 9.86. The fraction of sp³-hybridized carbons (Fsp3) is 0.357. The summed E-state index contributed by atoms with van der Waals surface area (Å²) in [6, 6.07) is 14.3. The Morgan fingerprint density at radius 3 is 2.39 bits per heavy atom. The van der Waals surface area contributed by atoms with Gasteiger partial charge in [0.15, 0.2) is 0 Å². The van der Waals surface area contributed by atoms with Crippen molar-refractivity contribution in [3.05, 3.63) is 88.1 Å². The van der Waals surface area contributed by atoms with Gasteiger partial charge < -0.3 is 19.9 Å². The number of rotatable bonds is 4. The molecule has 2 amide bonds. The Hall–Kier alpha value is -3.78. The van der Waals surface area contributed by atoms with E-state index in [0.717, 1.165) is 18.4 Å². The van der Waals surface area contributed by atoms with E-state index < -0.39 is 23.9 Å². The van der Waals surface area contributed by atoms with E-state index in [1.165, 1.54) is 18.1 Å². The third-order valence-electron chi connectivity index (χ3n) is 8.10. The first-order valence-electron chi connectivity index (χ1n) is 12.4. The molecule has 3 aliphatic rings. The van der Waals surface area contributed by atoms with E-state index in [1.807, 2.05) is 18.2 Å². The van der Waals surface area contributed by atoms with Gasteiger partial charge in [0, 0.05) is 55.7 Å². The molecule has 6 rings (SSSR count). The van der Waals surface area contributed by atoms with E-state index in [0.29, 0.717) is 11.3 Å². The van der Waals surface area contributed by atoms with Crippen LogP contribution >= 0.6 is 0 Å². The van der Waals surface area contributed by atoms with E-state index in [9.17, 15) is 19.5 Å². The van der Waals surface area contributed by atoms with Crippen molar-refractivity contribution in [1.82, 2.24) is 19.8 Å². The van der Waals surface area contributed by atoms with Gasteiger partial charge in [0.2, 0.25) is 11.8 Å². The van der Waals surface area contributed by atoms with Crippen molar-refractivity contribution in [2.24, 2.45) is 11.8 Å². The smallest absolute Gasteiger partial charge is 0.258 e. The van der Waals surface area contributed by atoms with Crippen LogP contribution in [0.15, 0.2) is 65.7 Å². The average molecular weight is 485 g/mol. The Bertz CT molecular complexity index is 1380. The van der Waals surface area contributed by atoms with Gasteiger partial charge in [-0.15, -0.1) is 0 Å². The van der Waals surface area contributed by atoms with Crippen LogP contribution in [0.25, 0.3) is 11.1 Å². The number of hydrogen-bond donors (Lipinski definition) is 2. The molecule has 36 heavy (non-hydrogen) atoms. The first-order chi connectivity index (χ1) is 17.5. The summed E-state index contributed by atoms with van der Waals surface area (Å²) in [5, 5.41) is 13.6. The second-order valence-electron chi connectivity index (χ2n) is 10.0. The topological polar surface area (TPSA) is 105 Å². The summed E-state index contributed by atoms with van der Waals surface area (Å²) in [5.41, 5.74) is 4.24. The molecule has 0 unspecified atom stereocenters. The molecule has 8 heteroatoms. The van der Waals surface area contributed by atoms with E-state index in [-0.39, 0.29) is 36.6 Å². The fourth-order valence-corrected chi connectivity index (χ4v) is 6.55. The highest BCUT2D eigenvalue weighted by atomic mass is 16.3. The molecule has 0 radical (unpaired) electrons. The zero-order valence-corrected chi connectivity index (χ0v) is 20.0. The lowest BCUT2D eigenvalue weighted by Gasteiger charge is -2.37. The molecule has 2 bridgehead atoms. The summed E-state index contributed by atoms with van der Waals surface area (Å²) in [4.78, 5) is 45.8. The van der Waals surface area contributed by atoms with Crippen molar-refractivity contribution in [3.63, 3.8) is 0 Å². The third-order valence-corrected chi connectivity index (χ3v) is 8.10. The highest BCUT2D eigenvalue weighted by Gasteiger charge is 2.57. The zero-order chi connectivity index (χ0) is 25.0. The second kappa shape index (κ2) is 8.71. The van der Waals surface area contributed by atoms with Crippen LogP contribution in [0.5, 0.6) is 0 Å². The minimum absolute atomic E-state index is 0.0308. The standard InChI is InChI=1S/C28H28N4O4/c1-16(34)32-24-14-31-23(7-6-21(28(31)36)17-8-10-29-11-9-17)26(32)25(22(24)15-33)27(35)30-20-12-18-4-2-3-5-19(18)13-20/h2-11,20,22,24-26,33H,12-15H2,1H3,(H,30,35)/t22-,24-,25+,26+/m1/s1. The van der Waals surface area contributed by atoms with Gasteiger partial charge in [-0.25, -0.2) is 0 Å². The molecule has 0 spiro atoms. The monoisotopic (exact) mass is 484 g/mol. The lowest BCUT2D eigenvalue weighted by Crippen LogP contribution is -2.48. The quantitative estimate of drug-likeness (QED) is 0.587. The first kappa shape index (κ1) is 22.7. The lowest BCUT2D eigenvalue weighted by molar-refractivity contribution is -0.134. The number of pyridine rings is 2. The van der Waals surface area contributed by atoms with Gasteiger partial charge >= 0.3 is 0 Å². The molecule has 2 aliphatic heterocycles. The molecule has 1 saturated heterocycles. The summed E-state index contributed by atoms with van der Waals surface area (Å²) < 4.78 is 1.69. The molecular weight excluding hydrogens is 456 g/mol. The van der Waals surface area contributed by atoms with Crippen molar-refractivity contribution in [2.75, 3.05) is 6.61 Å². The molecular formula is C28H28N4O4. The third kappa shape index (κ3) is 3.47. The Kier molecular flexibility index (Phi) is 5.48. The van der Waals surface area contributed by atoms with Gasteiger partial charge in [-0.05, 0) is 53.8 Å². The van der Waals surface area contributed by atoms with Gasteiger partial charge in [-0.3, -0.25) is 19.4 Å². The fourth-order valence-electron chi connectivity index (χ4n) is 6.55. The maximum absolute atomic E-state index is 13.8. The van der Waals surface area contributed by atoms with E-state index >= 15 is 0 Å². The largest absolute Gasteiger partial charge is 0.396 e. The van der Waals surface area contributed by atoms with Crippen LogP contribution < -0.4 is 10.9 Å². The summed E-state index contributed by atoms with van der Waals surface area (Å²) in [5.74, 6) is -1.45. The highest BCUT2D eigenvalue weighted by molar-refractivity contribution is 5.84. The van der Waals surface area contributed by atoms with Gasteiger partial charge in [-0.1, -0.05) is 24.3 Å². The van der Waals surface area contributed by atoms with Crippen LogP contribution in [0, 0.1) is 11.8 Å². The maximum atomic E-state index is 13.8. The number of aliphatic hydroxyl groups is 1. The number of amides is 2. The normalized spacial score (nSPS) is 24.3. The molecule has 4 atom stereocenters.